The average Bonchev–Trinajstić information content (AvgIpc) is 3.12. The Balaban J connectivity index is 2.00. The maximum absolute atomic E-state index is 12.6. The Morgan fingerprint density at radius 2 is 1.84 bits per heavy atom. The van der Waals surface area contributed by atoms with Crippen molar-refractivity contribution < 1.29 is 30.6 Å². The Morgan fingerprint density at radius 1 is 1.12 bits per heavy atom. The maximum Gasteiger partial charge on any atom is 0.534 e. The minimum absolute atomic E-state index is 0.0700. The van der Waals surface area contributed by atoms with Gasteiger partial charge < -0.3 is 9.50 Å². The van der Waals surface area contributed by atoms with Gasteiger partial charge in [-0.1, -0.05) is 0 Å². The lowest BCUT2D eigenvalue weighted by Gasteiger charge is -2.19. The molecule has 0 saturated carbocycles. The molecule has 0 atom stereocenters. The van der Waals surface area contributed by atoms with Crippen molar-refractivity contribution in [3.63, 3.8) is 0 Å². The molecule has 0 aromatic carbocycles. The second kappa shape index (κ2) is 8.22. The van der Waals surface area contributed by atoms with E-state index in [1.165, 1.54) is 23.0 Å². The van der Waals surface area contributed by atoms with Crippen molar-refractivity contribution in [1.82, 2.24) is 25.1 Å². The SMILES string of the molecule is CC(C)(C)NC(=O)c1cc(-c2ccc(OS(=O)(=O)C(F)(F)F)cn2)n(-c2cccnc2)n1. The summed E-state index contributed by atoms with van der Waals surface area (Å²) in [6.45, 7) is 5.41. The molecule has 9 nitrogen and oxygen atoms in total. The molecule has 0 radical (unpaired) electrons. The molecule has 3 rings (SSSR count). The average molecular weight is 469 g/mol. The minimum Gasteiger partial charge on any atom is -0.374 e. The molecule has 32 heavy (non-hydrogen) atoms. The number of nitrogens with one attached hydrogen (secondary N) is 1. The number of hydrogen-bond acceptors (Lipinski definition) is 7. The predicted molar refractivity (Wildman–Crippen MR) is 107 cm³/mol. The van der Waals surface area contributed by atoms with Gasteiger partial charge in [0.15, 0.2) is 11.4 Å². The lowest BCUT2D eigenvalue weighted by atomic mass is 10.1. The first-order chi connectivity index (χ1) is 14.8. The second-order valence-corrected chi connectivity index (χ2v) is 9.14. The normalized spacial score (nSPS) is 12.4. The van der Waals surface area contributed by atoms with Crippen LogP contribution in [0.1, 0.15) is 31.3 Å². The van der Waals surface area contributed by atoms with E-state index in [9.17, 15) is 26.4 Å². The highest BCUT2D eigenvalue weighted by molar-refractivity contribution is 7.88. The highest BCUT2D eigenvalue weighted by Crippen LogP contribution is 2.28. The first kappa shape index (κ1) is 23.2. The monoisotopic (exact) mass is 469 g/mol. The number of hydrogen-bond donors (Lipinski definition) is 1. The van der Waals surface area contributed by atoms with Crippen molar-refractivity contribution >= 4 is 16.0 Å². The van der Waals surface area contributed by atoms with Crippen LogP contribution in [0.2, 0.25) is 0 Å². The maximum atomic E-state index is 12.6. The fraction of sp³-hybridized carbons (Fsp3) is 0.263. The van der Waals surface area contributed by atoms with E-state index in [0.29, 0.717) is 11.4 Å². The van der Waals surface area contributed by atoms with Gasteiger partial charge >= 0.3 is 15.6 Å². The number of aromatic nitrogens is 4. The molecule has 1 N–H and O–H groups in total. The topological polar surface area (TPSA) is 116 Å². The van der Waals surface area contributed by atoms with Crippen molar-refractivity contribution in [2.75, 3.05) is 0 Å². The summed E-state index contributed by atoms with van der Waals surface area (Å²) >= 11 is 0. The lowest BCUT2D eigenvalue weighted by molar-refractivity contribution is -0.0500. The van der Waals surface area contributed by atoms with E-state index in [-0.39, 0.29) is 11.4 Å². The van der Waals surface area contributed by atoms with Crippen LogP contribution >= 0.6 is 0 Å². The molecular weight excluding hydrogens is 451 g/mol. The summed E-state index contributed by atoms with van der Waals surface area (Å²) in [5.41, 5.74) is -4.99. The number of halogens is 3. The van der Waals surface area contributed by atoms with Gasteiger partial charge in [-0.3, -0.25) is 14.8 Å². The van der Waals surface area contributed by atoms with Gasteiger partial charge in [0.25, 0.3) is 5.91 Å². The Hall–Kier alpha value is -3.48. The van der Waals surface area contributed by atoms with E-state index in [0.717, 1.165) is 12.3 Å². The van der Waals surface area contributed by atoms with Crippen LogP contribution in [0.4, 0.5) is 13.2 Å². The first-order valence-electron chi connectivity index (χ1n) is 9.07. The third-order valence-electron chi connectivity index (χ3n) is 3.81. The van der Waals surface area contributed by atoms with Gasteiger partial charge in [0.2, 0.25) is 0 Å². The quantitative estimate of drug-likeness (QED) is 0.451. The van der Waals surface area contributed by atoms with Crippen LogP contribution in [0, 0.1) is 0 Å². The molecule has 3 aromatic heterocycles. The molecule has 0 unspecified atom stereocenters. The minimum atomic E-state index is -5.82. The molecule has 0 aliphatic rings. The van der Waals surface area contributed by atoms with Crippen LogP contribution in [0.25, 0.3) is 17.1 Å². The summed E-state index contributed by atoms with van der Waals surface area (Å²) in [6, 6.07) is 7.05. The Labute approximate surface area is 181 Å². The summed E-state index contributed by atoms with van der Waals surface area (Å²) in [5, 5.41) is 7.09. The van der Waals surface area contributed by atoms with E-state index < -0.39 is 32.8 Å². The number of pyridine rings is 2. The van der Waals surface area contributed by atoms with Gasteiger partial charge in [-0.2, -0.15) is 26.7 Å². The molecule has 13 heteroatoms. The largest absolute Gasteiger partial charge is 0.534 e. The number of carbonyl (C=O) groups excluding carboxylic acids is 1. The summed E-state index contributed by atoms with van der Waals surface area (Å²) in [5.74, 6) is -1.07. The zero-order valence-corrected chi connectivity index (χ0v) is 17.9. The standard InChI is InChI=1S/C19H18F3N5O4S/c1-18(2,3)25-17(28)15-9-16(27(26-15)12-5-4-8-23-10-12)14-7-6-13(11-24-14)31-32(29,30)19(20,21)22/h4-11H,1-3H3,(H,25,28). The molecule has 170 valence electrons. The fourth-order valence-electron chi connectivity index (χ4n) is 2.51. The molecule has 3 heterocycles. The Morgan fingerprint density at radius 3 is 2.38 bits per heavy atom. The van der Waals surface area contributed by atoms with E-state index in [4.69, 9.17) is 0 Å². The summed E-state index contributed by atoms with van der Waals surface area (Å²) < 4.78 is 65.3. The predicted octanol–water partition coefficient (Wildman–Crippen LogP) is 3.09. The Kier molecular flexibility index (Phi) is 5.96. The summed E-state index contributed by atoms with van der Waals surface area (Å²) in [6.07, 6.45) is 3.87. The molecule has 0 aliphatic heterocycles. The zero-order chi connectivity index (χ0) is 23.7. The molecule has 3 aromatic rings. The van der Waals surface area contributed by atoms with Crippen molar-refractivity contribution in [3.05, 3.63) is 54.6 Å². The number of carbonyl (C=O) groups is 1. The van der Waals surface area contributed by atoms with Gasteiger partial charge in [-0.25, -0.2) is 4.68 Å². The van der Waals surface area contributed by atoms with Crippen LogP contribution in [-0.2, 0) is 10.1 Å². The van der Waals surface area contributed by atoms with Gasteiger partial charge in [0.05, 0.1) is 29.5 Å². The lowest BCUT2D eigenvalue weighted by Crippen LogP contribution is -2.40. The number of amides is 1. The zero-order valence-electron chi connectivity index (χ0n) is 17.1. The number of nitrogens with zero attached hydrogens (tertiary/aromatic N) is 4. The Bertz CT molecular complexity index is 1220. The van der Waals surface area contributed by atoms with E-state index in [1.807, 2.05) is 0 Å². The summed E-state index contributed by atoms with van der Waals surface area (Å²) in [7, 11) is -5.82. The van der Waals surface area contributed by atoms with Crippen LogP contribution in [0.3, 0.4) is 0 Å². The number of rotatable bonds is 5. The number of alkyl halides is 3. The third kappa shape index (κ3) is 5.22. The third-order valence-corrected chi connectivity index (χ3v) is 4.79. The van der Waals surface area contributed by atoms with Crippen molar-refractivity contribution in [3.8, 4) is 22.8 Å². The van der Waals surface area contributed by atoms with Crippen molar-refractivity contribution in [1.29, 1.82) is 0 Å². The second-order valence-electron chi connectivity index (χ2n) is 7.60. The first-order valence-corrected chi connectivity index (χ1v) is 10.5. The van der Waals surface area contributed by atoms with Gasteiger partial charge in [0.1, 0.15) is 0 Å². The van der Waals surface area contributed by atoms with E-state index in [2.05, 4.69) is 24.6 Å². The van der Waals surface area contributed by atoms with Crippen LogP contribution in [0.5, 0.6) is 5.75 Å². The van der Waals surface area contributed by atoms with Crippen LogP contribution in [0.15, 0.2) is 48.9 Å². The summed E-state index contributed by atoms with van der Waals surface area (Å²) in [4.78, 5) is 20.6. The van der Waals surface area contributed by atoms with E-state index in [1.54, 1.807) is 39.1 Å². The van der Waals surface area contributed by atoms with Gasteiger partial charge in [-0.15, -0.1) is 0 Å². The smallest absolute Gasteiger partial charge is 0.374 e. The molecule has 0 spiro atoms. The van der Waals surface area contributed by atoms with Crippen molar-refractivity contribution in [2.24, 2.45) is 0 Å². The van der Waals surface area contributed by atoms with Crippen molar-refractivity contribution in [2.45, 2.75) is 31.8 Å². The highest BCUT2D eigenvalue weighted by Gasteiger charge is 2.48. The van der Waals surface area contributed by atoms with E-state index >= 15 is 0 Å². The van der Waals surface area contributed by atoms with Crippen LogP contribution < -0.4 is 9.50 Å². The molecular formula is C19H18F3N5O4S. The molecule has 0 saturated heterocycles. The molecule has 0 bridgehead atoms. The molecule has 0 fully saturated rings. The molecule has 0 aliphatic carbocycles. The van der Waals surface area contributed by atoms with Gasteiger partial charge in [-0.05, 0) is 51.1 Å². The highest BCUT2D eigenvalue weighted by atomic mass is 32.2. The van der Waals surface area contributed by atoms with Gasteiger partial charge in [0, 0.05) is 11.7 Å². The molecule has 1 amide bonds. The fourth-order valence-corrected chi connectivity index (χ4v) is 2.96. The van der Waals surface area contributed by atoms with Crippen LogP contribution in [-0.4, -0.2) is 45.1 Å².